The van der Waals surface area contributed by atoms with Gasteiger partial charge < -0.3 is 14.4 Å². The second-order valence-electron chi connectivity index (χ2n) is 8.24. The molecule has 0 spiro atoms. The lowest BCUT2D eigenvalue weighted by Gasteiger charge is -2.55. The lowest BCUT2D eigenvalue weighted by molar-refractivity contribution is -0.180. The molecular formula is C22H31NO3. The maximum absolute atomic E-state index is 11.4. The van der Waals surface area contributed by atoms with E-state index in [1.165, 1.54) is 23.7 Å². The molecule has 142 valence electrons. The number of benzene rings is 1. The maximum Gasteiger partial charge on any atom is 0.302 e. The third kappa shape index (κ3) is 3.16. The molecule has 0 unspecified atom stereocenters. The van der Waals surface area contributed by atoms with Crippen molar-refractivity contribution in [3.8, 4) is 0 Å². The molecule has 1 heterocycles. The molecule has 2 aliphatic rings. The first-order chi connectivity index (χ1) is 12.3. The Bertz CT molecular complexity index is 694. The van der Waals surface area contributed by atoms with Crippen molar-refractivity contribution in [2.45, 2.75) is 33.8 Å². The molecule has 5 atom stereocenters. The number of anilines is 1. The smallest absolute Gasteiger partial charge is 0.302 e. The van der Waals surface area contributed by atoms with Crippen LogP contribution in [-0.4, -0.2) is 33.3 Å². The minimum atomic E-state index is -0.219. The van der Waals surface area contributed by atoms with Gasteiger partial charge in [0.25, 0.3) is 0 Å². The Hall–Kier alpha value is -1.81. The first-order valence-corrected chi connectivity index (χ1v) is 9.47. The number of ether oxygens (including phenoxy) is 2. The number of hydrogen-bond acceptors (Lipinski definition) is 4. The first-order valence-electron chi connectivity index (χ1n) is 9.47. The van der Waals surface area contributed by atoms with Crippen LogP contribution in [0.4, 0.5) is 5.69 Å². The Kier molecular flexibility index (Phi) is 5.16. The maximum atomic E-state index is 11.4. The highest BCUT2D eigenvalue weighted by Gasteiger charge is 2.54. The van der Waals surface area contributed by atoms with Crippen molar-refractivity contribution < 1.29 is 14.3 Å². The molecule has 0 saturated carbocycles. The fraction of sp³-hybridized carbons (Fsp3) is 0.591. The SMILES string of the molecule is CC(=O)OC[C@]12CO[C@@H](c3ccc(N(C)C)cc3)[C@H](C(C)=C[C@H]1C)[C@H]2C. The van der Waals surface area contributed by atoms with E-state index < -0.39 is 0 Å². The number of carbonyl (C=O) groups excluding carboxylic acids is 1. The zero-order valence-electron chi connectivity index (χ0n) is 16.8. The van der Waals surface area contributed by atoms with E-state index in [0.717, 1.165) is 0 Å². The summed E-state index contributed by atoms with van der Waals surface area (Å²) in [4.78, 5) is 13.5. The van der Waals surface area contributed by atoms with E-state index in [1.54, 1.807) is 0 Å². The van der Waals surface area contributed by atoms with Crippen molar-refractivity contribution in [3.63, 3.8) is 0 Å². The molecule has 1 aliphatic carbocycles. The van der Waals surface area contributed by atoms with Crippen molar-refractivity contribution >= 4 is 11.7 Å². The number of esters is 1. The van der Waals surface area contributed by atoms with Crippen LogP contribution in [0.2, 0.25) is 0 Å². The summed E-state index contributed by atoms with van der Waals surface area (Å²) >= 11 is 0. The summed E-state index contributed by atoms with van der Waals surface area (Å²) in [5.41, 5.74) is 3.64. The fourth-order valence-electron chi connectivity index (χ4n) is 4.76. The Morgan fingerprint density at radius 3 is 2.50 bits per heavy atom. The van der Waals surface area contributed by atoms with E-state index in [2.05, 4.69) is 56.0 Å². The van der Waals surface area contributed by atoms with Gasteiger partial charge in [0, 0.05) is 38.0 Å². The summed E-state index contributed by atoms with van der Waals surface area (Å²) in [6.45, 7) is 9.25. The molecule has 0 amide bonds. The Balaban J connectivity index is 1.91. The van der Waals surface area contributed by atoms with Crippen LogP contribution in [0.1, 0.15) is 39.4 Å². The molecule has 0 radical (unpaired) electrons. The average molecular weight is 357 g/mol. The predicted octanol–water partition coefficient (Wildman–Crippen LogP) is 4.22. The quantitative estimate of drug-likeness (QED) is 0.597. The van der Waals surface area contributed by atoms with Gasteiger partial charge in [0.1, 0.15) is 0 Å². The lowest BCUT2D eigenvalue weighted by atomic mass is 9.56. The summed E-state index contributed by atoms with van der Waals surface area (Å²) in [5, 5.41) is 0. The molecule has 2 bridgehead atoms. The van der Waals surface area contributed by atoms with E-state index >= 15 is 0 Å². The van der Waals surface area contributed by atoms with Gasteiger partial charge in [-0.25, -0.2) is 0 Å². The van der Waals surface area contributed by atoms with Crippen LogP contribution < -0.4 is 4.90 Å². The molecule has 1 aliphatic heterocycles. The van der Waals surface area contributed by atoms with Crippen LogP contribution in [0.5, 0.6) is 0 Å². The van der Waals surface area contributed by atoms with Gasteiger partial charge in [-0.05, 0) is 36.5 Å². The second kappa shape index (κ2) is 7.07. The van der Waals surface area contributed by atoms with E-state index in [1.807, 2.05) is 14.1 Å². The van der Waals surface area contributed by atoms with Gasteiger partial charge >= 0.3 is 5.97 Å². The summed E-state index contributed by atoms with van der Waals surface area (Å²) < 4.78 is 11.9. The van der Waals surface area contributed by atoms with Gasteiger partial charge in [-0.3, -0.25) is 4.79 Å². The Morgan fingerprint density at radius 1 is 1.27 bits per heavy atom. The van der Waals surface area contributed by atoms with E-state index in [9.17, 15) is 4.79 Å². The number of fused-ring (bicyclic) bond motifs is 2. The number of hydrogen-bond donors (Lipinski definition) is 0. The van der Waals surface area contributed by atoms with E-state index in [4.69, 9.17) is 9.47 Å². The van der Waals surface area contributed by atoms with Crippen molar-refractivity contribution in [1.82, 2.24) is 0 Å². The number of nitrogens with zero attached hydrogens (tertiary/aromatic N) is 1. The third-order valence-corrected chi connectivity index (χ3v) is 6.53. The molecule has 1 saturated heterocycles. The number of rotatable bonds is 4. The summed E-state index contributed by atoms with van der Waals surface area (Å²) in [6, 6.07) is 8.65. The van der Waals surface area contributed by atoms with Gasteiger partial charge in [-0.1, -0.05) is 37.6 Å². The number of carbonyl (C=O) groups is 1. The molecule has 0 aromatic heterocycles. The van der Waals surface area contributed by atoms with Crippen molar-refractivity contribution in [2.75, 3.05) is 32.2 Å². The highest BCUT2D eigenvalue weighted by atomic mass is 16.5. The van der Waals surface area contributed by atoms with Crippen LogP contribution in [0.15, 0.2) is 35.9 Å². The van der Waals surface area contributed by atoms with Gasteiger partial charge in [0.05, 0.1) is 19.3 Å². The fourth-order valence-corrected chi connectivity index (χ4v) is 4.76. The van der Waals surface area contributed by atoms with Crippen molar-refractivity contribution in [2.24, 2.45) is 23.2 Å². The zero-order valence-corrected chi connectivity index (χ0v) is 16.8. The van der Waals surface area contributed by atoms with Crippen LogP contribution in [0.25, 0.3) is 0 Å². The van der Waals surface area contributed by atoms with Crippen LogP contribution in [0, 0.1) is 23.2 Å². The third-order valence-electron chi connectivity index (χ3n) is 6.53. The highest BCUT2D eigenvalue weighted by Crippen LogP contribution is 2.56. The Morgan fingerprint density at radius 2 is 1.92 bits per heavy atom. The second-order valence-corrected chi connectivity index (χ2v) is 8.24. The van der Waals surface area contributed by atoms with E-state index in [0.29, 0.717) is 31.0 Å². The topological polar surface area (TPSA) is 38.8 Å². The molecular weight excluding hydrogens is 326 g/mol. The largest absolute Gasteiger partial charge is 0.465 e. The molecule has 0 N–H and O–H groups in total. The van der Waals surface area contributed by atoms with Gasteiger partial charge in [-0.15, -0.1) is 0 Å². The molecule has 1 aromatic carbocycles. The first kappa shape index (κ1) is 19.0. The average Bonchev–Trinajstić information content (AvgIpc) is 2.59. The molecule has 1 aromatic rings. The van der Waals surface area contributed by atoms with Crippen molar-refractivity contribution in [3.05, 3.63) is 41.5 Å². The van der Waals surface area contributed by atoms with Crippen LogP contribution in [-0.2, 0) is 14.3 Å². The van der Waals surface area contributed by atoms with Crippen LogP contribution >= 0.6 is 0 Å². The minimum absolute atomic E-state index is 0.0513. The number of allylic oxidation sites excluding steroid dienone is 1. The molecule has 1 fully saturated rings. The summed E-state index contributed by atoms with van der Waals surface area (Å²) in [6.07, 6.45) is 2.41. The normalized spacial score (nSPS) is 33.4. The molecule has 26 heavy (non-hydrogen) atoms. The molecule has 4 heteroatoms. The predicted molar refractivity (Wildman–Crippen MR) is 104 cm³/mol. The van der Waals surface area contributed by atoms with E-state index in [-0.39, 0.29) is 17.5 Å². The van der Waals surface area contributed by atoms with Crippen molar-refractivity contribution in [1.29, 1.82) is 0 Å². The van der Waals surface area contributed by atoms with Crippen LogP contribution in [0.3, 0.4) is 0 Å². The highest BCUT2D eigenvalue weighted by molar-refractivity contribution is 5.66. The monoisotopic (exact) mass is 357 g/mol. The Labute approximate surface area is 157 Å². The lowest BCUT2D eigenvalue weighted by Crippen LogP contribution is -2.54. The zero-order chi connectivity index (χ0) is 19.1. The molecule has 4 nitrogen and oxygen atoms in total. The van der Waals surface area contributed by atoms with Gasteiger partial charge in [0.15, 0.2) is 0 Å². The van der Waals surface area contributed by atoms with Gasteiger partial charge in [0.2, 0.25) is 0 Å². The summed E-state index contributed by atoms with van der Waals surface area (Å²) in [7, 11) is 4.10. The van der Waals surface area contributed by atoms with Gasteiger partial charge in [-0.2, -0.15) is 0 Å². The minimum Gasteiger partial charge on any atom is -0.465 e. The summed E-state index contributed by atoms with van der Waals surface area (Å²) in [5.74, 6) is 0.794. The standard InChI is InChI=1S/C22H31NO3/c1-14-11-15(2)22(12-25-17(4)24)13-26-21(20(14)16(22)3)18-7-9-19(10-8-18)23(5)6/h7-11,15-16,20-21H,12-13H2,1-6H3/t15-,16-,20-,21+,22+/m1/s1. The molecule has 3 rings (SSSR count).